The van der Waals surface area contributed by atoms with Crippen LogP contribution in [0.15, 0.2) is 28.7 Å². The first kappa shape index (κ1) is 16.7. The lowest BCUT2D eigenvalue weighted by molar-refractivity contribution is -0.137. The summed E-state index contributed by atoms with van der Waals surface area (Å²) in [5.41, 5.74) is 2.93. The first-order valence-corrected chi connectivity index (χ1v) is 8.51. The zero-order valence-electron chi connectivity index (χ0n) is 14.5. The normalized spacial score (nSPS) is 18.0. The number of aromatic nitrogens is 1. The summed E-state index contributed by atoms with van der Waals surface area (Å²) in [6, 6.07) is 8.18. The average Bonchev–Trinajstić information content (AvgIpc) is 2.95. The van der Waals surface area contributed by atoms with Gasteiger partial charge >= 0.3 is 0 Å². The van der Waals surface area contributed by atoms with Crippen molar-refractivity contribution in [3.05, 3.63) is 41.3 Å². The maximum atomic E-state index is 12.5. The number of hydrogen-bond donors (Lipinski definition) is 0. The Hall–Kier alpha value is -2.14. The molecule has 0 N–H and O–H groups in total. The van der Waals surface area contributed by atoms with Crippen molar-refractivity contribution in [2.45, 2.75) is 39.7 Å². The van der Waals surface area contributed by atoms with Crippen molar-refractivity contribution in [3.63, 3.8) is 0 Å². The minimum Gasteiger partial charge on any atom is -0.441 e. The Bertz CT molecular complexity index is 706. The van der Waals surface area contributed by atoms with Crippen LogP contribution in [-0.4, -0.2) is 41.6 Å². The summed E-state index contributed by atoms with van der Waals surface area (Å²) in [6.07, 6.45) is 1.37. The zero-order chi connectivity index (χ0) is 17.1. The van der Waals surface area contributed by atoms with Crippen LogP contribution in [0.5, 0.6) is 0 Å². The summed E-state index contributed by atoms with van der Waals surface area (Å²) in [7, 11) is 0. The number of benzene rings is 1. The molecule has 0 spiro atoms. The number of carbonyl (C=O) groups is 1. The topological polar surface area (TPSA) is 55.6 Å². The fourth-order valence-electron chi connectivity index (χ4n) is 2.90. The minimum absolute atomic E-state index is 0.0782. The van der Waals surface area contributed by atoms with Crippen LogP contribution in [0, 0.1) is 6.92 Å². The van der Waals surface area contributed by atoms with E-state index in [1.807, 2.05) is 30.9 Å². The van der Waals surface area contributed by atoms with Crippen molar-refractivity contribution in [2.24, 2.45) is 0 Å². The van der Waals surface area contributed by atoms with Crippen molar-refractivity contribution < 1.29 is 13.9 Å². The van der Waals surface area contributed by atoms with Gasteiger partial charge in [-0.1, -0.05) is 19.1 Å². The summed E-state index contributed by atoms with van der Waals surface area (Å²) >= 11 is 0. The number of rotatable bonds is 4. The van der Waals surface area contributed by atoms with Crippen molar-refractivity contribution in [3.8, 4) is 11.5 Å². The molecule has 5 heteroatoms. The van der Waals surface area contributed by atoms with Crippen LogP contribution in [0.4, 0.5) is 0 Å². The van der Waals surface area contributed by atoms with Gasteiger partial charge in [-0.25, -0.2) is 4.98 Å². The predicted octanol–water partition coefficient (Wildman–Crippen LogP) is 3.00. The van der Waals surface area contributed by atoms with E-state index in [2.05, 4.69) is 24.0 Å². The molecule has 1 unspecified atom stereocenters. The molecule has 1 amide bonds. The third-order valence-corrected chi connectivity index (χ3v) is 4.41. The lowest BCUT2D eigenvalue weighted by Gasteiger charge is -2.31. The van der Waals surface area contributed by atoms with Crippen LogP contribution in [-0.2, 0) is 22.4 Å². The summed E-state index contributed by atoms with van der Waals surface area (Å²) in [4.78, 5) is 18.9. The van der Waals surface area contributed by atoms with Gasteiger partial charge < -0.3 is 14.1 Å². The van der Waals surface area contributed by atoms with E-state index in [1.54, 1.807) is 0 Å². The molecular weight excluding hydrogens is 304 g/mol. The smallest absolute Gasteiger partial charge is 0.228 e. The third kappa shape index (κ3) is 3.67. The van der Waals surface area contributed by atoms with Crippen LogP contribution in [0.25, 0.3) is 11.5 Å². The molecule has 1 aromatic carbocycles. The van der Waals surface area contributed by atoms with Gasteiger partial charge in [0.15, 0.2) is 0 Å². The number of carbonyl (C=O) groups excluding carboxylic acids is 1. The molecule has 0 saturated carbocycles. The van der Waals surface area contributed by atoms with Crippen molar-refractivity contribution in [1.82, 2.24) is 9.88 Å². The molecule has 1 aliphatic heterocycles. The quantitative estimate of drug-likeness (QED) is 0.866. The van der Waals surface area contributed by atoms with Gasteiger partial charge in [-0.3, -0.25) is 4.79 Å². The number of ether oxygens (including phenoxy) is 1. The van der Waals surface area contributed by atoms with Crippen molar-refractivity contribution in [1.29, 1.82) is 0 Å². The maximum Gasteiger partial charge on any atom is 0.228 e. The lowest BCUT2D eigenvalue weighted by atomic mass is 10.1. The molecule has 2 aromatic rings. The van der Waals surface area contributed by atoms with Crippen LogP contribution in [0.2, 0.25) is 0 Å². The van der Waals surface area contributed by atoms with Crippen molar-refractivity contribution >= 4 is 5.91 Å². The number of hydrogen-bond acceptors (Lipinski definition) is 4. The van der Waals surface area contributed by atoms with Crippen LogP contribution in [0.3, 0.4) is 0 Å². The lowest BCUT2D eigenvalue weighted by Crippen LogP contribution is -2.45. The fourth-order valence-corrected chi connectivity index (χ4v) is 2.90. The van der Waals surface area contributed by atoms with E-state index in [1.165, 1.54) is 5.56 Å². The van der Waals surface area contributed by atoms with Crippen LogP contribution < -0.4 is 0 Å². The summed E-state index contributed by atoms with van der Waals surface area (Å²) < 4.78 is 11.3. The highest BCUT2D eigenvalue weighted by molar-refractivity contribution is 5.78. The van der Waals surface area contributed by atoms with Gasteiger partial charge in [0.2, 0.25) is 11.8 Å². The second kappa shape index (κ2) is 7.18. The number of morpholine rings is 1. The Morgan fingerprint density at radius 2 is 2.08 bits per heavy atom. The number of amides is 1. The van der Waals surface area contributed by atoms with E-state index >= 15 is 0 Å². The molecule has 0 bridgehead atoms. The fraction of sp³-hybridized carbons (Fsp3) is 0.474. The summed E-state index contributed by atoms with van der Waals surface area (Å²) in [6.45, 7) is 7.85. The predicted molar refractivity (Wildman–Crippen MR) is 91.8 cm³/mol. The standard InChI is InChI=1S/C19H24N2O3/c1-4-15-5-7-16(8-6-15)19-20-17(14(3)24-19)11-18(22)21-9-10-23-13(2)12-21/h5-8,13H,4,9-12H2,1-3H3. The summed E-state index contributed by atoms with van der Waals surface area (Å²) in [5.74, 6) is 1.36. The third-order valence-electron chi connectivity index (χ3n) is 4.41. The molecule has 1 atom stereocenters. The van der Waals surface area contributed by atoms with E-state index in [-0.39, 0.29) is 18.4 Å². The van der Waals surface area contributed by atoms with Gasteiger partial charge in [0, 0.05) is 18.7 Å². The van der Waals surface area contributed by atoms with Gasteiger partial charge in [-0.15, -0.1) is 0 Å². The van der Waals surface area contributed by atoms with Gasteiger partial charge in [0.25, 0.3) is 0 Å². The van der Waals surface area contributed by atoms with E-state index < -0.39 is 0 Å². The average molecular weight is 328 g/mol. The Morgan fingerprint density at radius 3 is 2.75 bits per heavy atom. The monoisotopic (exact) mass is 328 g/mol. The molecule has 1 saturated heterocycles. The molecule has 24 heavy (non-hydrogen) atoms. The largest absolute Gasteiger partial charge is 0.441 e. The second-order valence-electron chi connectivity index (χ2n) is 6.27. The number of oxazole rings is 1. The Morgan fingerprint density at radius 1 is 1.33 bits per heavy atom. The van der Waals surface area contributed by atoms with Crippen molar-refractivity contribution in [2.75, 3.05) is 19.7 Å². The Labute approximate surface area is 142 Å². The molecule has 0 radical (unpaired) electrons. The highest BCUT2D eigenvalue weighted by atomic mass is 16.5. The van der Waals surface area contributed by atoms with E-state index in [4.69, 9.17) is 9.15 Å². The van der Waals surface area contributed by atoms with Crippen LogP contribution >= 0.6 is 0 Å². The molecular formula is C19H24N2O3. The first-order chi connectivity index (χ1) is 11.6. The Kier molecular flexibility index (Phi) is 5.00. The summed E-state index contributed by atoms with van der Waals surface area (Å²) in [5, 5.41) is 0. The van der Waals surface area contributed by atoms with Gasteiger partial charge in [-0.2, -0.15) is 0 Å². The molecule has 128 valence electrons. The Balaban J connectivity index is 1.72. The van der Waals surface area contributed by atoms with Gasteiger partial charge in [-0.05, 0) is 38.0 Å². The van der Waals surface area contributed by atoms with E-state index in [0.717, 1.165) is 12.0 Å². The molecule has 1 fully saturated rings. The molecule has 5 nitrogen and oxygen atoms in total. The molecule has 1 aliphatic rings. The zero-order valence-corrected chi connectivity index (χ0v) is 14.5. The molecule has 2 heterocycles. The highest BCUT2D eigenvalue weighted by Crippen LogP contribution is 2.23. The second-order valence-corrected chi connectivity index (χ2v) is 6.27. The molecule has 1 aromatic heterocycles. The van der Waals surface area contributed by atoms with Gasteiger partial charge in [0.1, 0.15) is 5.76 Å². The maximum absolute atomic E-state index is 12.5. The molecule has 3 rings (SSSR count). The van der Waals surface area contributed by atoms with Gasteiger partial charge in [0.05, 0.1) is 24.8 Å². The first-order valence-electron chi connectivity index (χ1n) is 8.51. The number of aryl methyl sites for hydroxylation is 2. The van der Waals surface area contributed by atoms with Crippen LogP contribution in [0.1, 0.15) is 30.9 Å². The van der Waals surface area contributed by atoms with E-state index in [0.29, 0.717) is 37.0 Å². The molecule has 0 aliphatic carbocycles. The number of nitrogens with zero attached hydrogens (tertiary/aromatic N) is 2. The minimum atomic E-state index is 0.0782. The highest BCUT2D eigenvalue weighted by Gasteiger charge is 2.23. The SMILES string of the molecule is CCc1ccc(-c2nc(CC(=O)N3CCOC(C)C3)c(C)o2)cc1. The van der Waals surface area contributed by atoms with E-state index in [9.17, 15) is 4.79 Å².